The number of pyridine rings is 1. The molecule has 0 saturated carbocycles. The molecule has 1 aromatic heterocycles. The number of carbonyl (C=O) groups is 1. The standard InChI is InChI=1S/C26H29ClN4O3.C2H6/c1-16(28)20-12-18(10-11-22(20)31-25(33)34-26(2,3)4)21-13-19(14-29-24(21)27)30-23(15-32)17-8-6-5-7-9-17;1-2/h5-14,23,28,30,32H,15H2,1-4H3,(H,31,33);1-2H3. The van der Waals surface area contributed by atoms with Crippen molar-refractivity contribution < 1.29 is 14.6 Å². The summed E-state index contributed by atoms with van der Waals surface area (Å²) < 4.78 is 5.33. The Bertz CT molecular complexity index is 1180. The Kier molecular flexibility index (Phi) is 10.4. The molecule has 4 N–H and O–H groups in total. The molecule has 1 unspecified atom stereocenters. The maximum absolute atomic E-state index is 12.2. The smallest absolute Gasteiger partial charge is 0.412 e. The van der Waals surface area contributed by atoms with Crippen molar-refractivity contribution in [2.45, 2.75) is 53.2 Å². The summed E-state index contributed by atoms with van der Waals surface area (Å²) in [5.41, 5.74) is 3.66. The van der Waals surface area contributed by atoms with Crippen LogP contribution in [0.4, 0.5) is 16.2 Å². The summed E-state index contributed by atoms with van der Waals surface area (Å²) in [7, 11) is 0. The molecule has 0 radical (unpaired) electrons. The highest BCUT2D eigenvalue weighted by Gasteiger charge is 2.19. The van der Waals surface area contributed by atoms with Crippen LogP contribution in [0.2, 0.25) is 5.15 Å². The molecular formula is C28H35ClN4O3. The largest absolute Gasteiger partial charge is 0.444 e. The van der Waals surface area contributed by atoms with Crippen LogP contribution in [-0.2, 0) is 4.74 Å². The van der Waals surface area contributed by atoms with Gasteiger partial charge >= 0.3 is 6.09 Å². The third-order valence-corrected chi connectivity index (χ3v) is 5.24. The average Bonchev–Trinajstić information content (AvgIpc) is 2.84. The van der Waals surface area contributed by atoms with Gasteiger partial charge in [0.2, 0.25) is 0 Å². The number of aliphatic hydroxyl groups excluding tert-OH is 1. The average molecular weight is 511 g/mol. The van der Waals surface area contributed by atoms with E-state index in [-0.39, 0.29) is 18.4 Å². The second-order valence-electron chi connectivity index (χ2n) is 8.86. The first kappa shape index (κ1) is 28.8. The number of halogens is 1. The molecule has 2 aromatic carbocycles. The SMILES string of the molecule is CC.CC(=N)c1cc(-c2cc(NC(CO)c3ccccc3)cnc2Cl)ccc1NC(=O)OC(C)(C)C. The molecular weight excluding hydrogens is 476 g/mol. The molecule has 0 aliphatic rings. The van der Waals surface area contributed by atoms with Gasteiger partial charge in [0, 0.05) is 16.8 Å². The van der Waals surface area contributed by atoms with Gasteiger partial charge in [0.15, 0.2) is 0 Å². The van der Waals surface area contributed by atoms with Gasteiger partial charge < -0.3 is 20.6 Å². The Morgan fingerprint density at radius 2 is 1.81 bits per heavy atom. The number of benzene rings is 2. The van der Waals surface area contributed by atoms with Gasteiger partial charge in [0.25, 0.3) is 0 Å². The number of amides is 1. The summed E-state index contributed by atoms with van der Waals surface area (Å²) in [5, 5.41) is 24.4. The predicted octanol–water partition coefficient (Wildman–Crippen LogP) is 7.31. The first-order chi connectivity index (χ1) is 17.1. The fourth-order valence-corrected chi connectivity index (χ4v) is 3.61. The quantitative estimate of drug-likeness (QED) is 0.197. The number of hydrogen-bond donors (Lipinski definition) is 4. The molecule has 0 saturated heterocycles. The van der Waals surface area contributed by atoms with Gasteiger partial charge in [0.05, 0.1) is 30.2 Å². The topological polar surface area (TPSA) is 107 Å². The minimum Gasteiger partial charge on any atom is -0.444 e. The van der Waals surface area contributed by atoms with Gasteiger partial charge in [-0.2, -0.15) is 0 Å². The van der Waals surface area contributed by atoms with Crippen LogP contribution in [0.15, 0.2) is 60.8 Å². The third-order valence-electron chi connectivity index (χ3n) is 4.93. The van der Waals surface area contributed by atoms with Crippen molar-refractivity contribution in [1.29, 1.82) is 5.41 Å². The number of rotatable bonds is 7. The van der Waals surface area contributed by atoms with Crippen LogP contribution in [-0.4, -0.2) is 34.1 Å². The zero-order valence-electron chi connectivity index (χ0n) is 21.6. The highest BCUT2D eigenvalue weighted by Crippen LogP contribution is 2.33. The van der Waals surface area contributed by atoms with E-state index in [1.54, 1.807) is 52.1 Å². The number of nitrogens with one attached hydrogen (secondary N) is 3. The molecule has 3 rings (SSSR count). The fourth-order valence-electron chi connectivity index (χ4n) is 3.39. The Balaban J connectivity index is 0.00000222. The lowest BCUT2D eigenvalue weighted by atomic mass is 10.00. The van der Waals surface area contributed by atoms with E-state index in [2.05, 4.69) is 15.6 Å². The van der Waals surface area contributed by atoms with Crippen LogP contribution in [0, 0.1) is 5.41 Å². The monoisotopic (exact) mass is 510 g/mol. The number of hydrogen-bond acceptors (Lipinski definition) is 6. The lowest BCUT2D eigenvalue weighted by Gasteiger charge is -2.21. The minimum absolute atomic E-state index is 0.0931. The van der Waals surface area contributed by atoms with Crippen molar-refractivity contribution in [1.82, 2.24) is 4.98 Å². The number of aliphatic hydroxyl groups is 1. The molecule has 3 aromatic rings. The highest BCUT2D eigenvalue weighted by atomic mass is 35.5. The number of ether oxygens (including phenoxy) is 1. The normalized spacial score (nSPS) is 11.6. The minimum atomic E-state index is -0.636. The predicted molar refractivity (Wildman–Crippen MR) is 148 cm³/mol. The van der Waals surface area contributed by atoms with Crippen LogP contribution in [0.25, 0.3) is 11.1 Å². The van der Waals surface area contributed by atoms with E-state index >= 15 is 0 Å². The van der Waals surface area contributed by atoms with Gasteiger partial charge in [-0.25, -0.2) is 9.78 Å². The van der Waals surface area contributed by atoms with Crippen molar-refractivity contribution in [3.8, 4) is 11.1 Å². The van der Waals surface area contributed by atoms with E-state index in [9.17, 15) is 9.90 Å². The molecule has 0 aliphatic heterocycles. The maximum atomic E-state index is 12.2. The Morgan fingerprint density at radius 3 is 2.39 bits per heavy atom. The number of nitrogens with zero attached hydrogens (tertiary/aromatic N) is 1. The summed E-state index contributed by atoms with van der Waals surface area (Å²) in [6.07, 6.45) is 1.02. The second kappa shape index (κ2) is 13.0. The van der Waals surface area contributed by atoms with E-state index in [0.717, 1.165) is 11.1 Å². The molecule has 8 heteroatoms. The molecule has 0 bridgehead atoms. The van der Waals surface area contributed by atoms with E-state index in [1.165, 1.54) is 0 Å². The first-order valence-corrected chi connectivity index (χ1v) is 12.2. The summed E-state index contributed by atoms with van der Waals surface area (Å²) in [4.78, 5) is 16.5. The molecule has 7 nitrogen and oxygen atoms in total. The summed E-state index contributed by atoms with van der Waals surface area (Å²) in [6, 6.07) is 16.5. The number of aromatic nitrogens is 1. The van der Waals surface area contributed by atoms with Crippen molar-refractivity contribution >= 4 is 34.8 Å². The molecule has 36 heavy (non-hydrogen) atoms. The van der Waals surface area contributed by atoms with E-state index < -0.39 is 11.7 Å². The molecule has 0 spiro atoms. The molecule has 192 valence electrons. The summed E-state index contributed by atoms with van der Waals surface area (Å²) >= 11 is 6.42. The molecule has 1 amide bonds. The summed E-state index contributed by atoms with van der Waals surface area (Å²) in [6.45, 7) is 10.9. The van der Waals surface area contributed by atoms with Gasteiger partial charge in [-0.05, 0) is 57.0 Å². The highest BCUT2D eigenvalue weighted by molar-refractivity contribution is 6.32. The van der Waals surface area contributed by atoms with Crippen molar-refractivity contribution in [2.24, 2.45) is 0 Å². The lowest BCUT2D eigenvalue weighted by Crippen LogP contribution is -2.27. The van der Waals surface area contributed by atoms with Crippen molar-refractivity contribution in [3.05, 3.63) is 77.1 Å². The molecule has 0 fully saturated rings. The molecule has 1 atom stereocenters. The van der Waals surface area contributed by atoms with E-state index in [1.807, 2.05) is 50.2 Å². The fraction of sp³-hybridized carbons (Fsp3) is 0.321. The van der Waals surface area contributed by atoms with Crippen LogP contribution < -0.4 is 10.6 Å². The zero-order valence-corrected chi connectivity index (χ0v) is 22.4. The van der Waals surface area contributed by atoms with Gasteiger partial charge in [-0.1, -0.05) is 61.8 Å². The van der Waals surface area contributed by atoms with Crippen LogP contribution in [0.1, 0.15) is 58.7 Å². The van der Waals surface area contributed by atoms with E-state index in [4.69, 9.17) is 21.7 Å². The molecule has 0 aliphatic carbocycles. The Morgan fingerprint density at radius 1 is 1.14 bits per heavy atom. The van der Waals surface area contributed by atoms with E-state index in [0.29, 0.717) is 27.7 Å². The summed E-state index contributed by atoms with van der Waals surface area (Å²) in [5.74, 6) is 0. The van der Waals surface area contributed by atoms with Crippen LogP contribution in [0.5, 0.6) is 0 Å². The Hall–Kier alpha value is -3.42. The Labute approximate surface area is 218 Å². The van der Waals surface area contributed by atoms with Gasteiger partial charge in [-0.3, -0.25) is 5.32 Å². The maximum Gasteiger partial charge on any atom is 0.412 e. The zero-order chi connectivity index (χ0) is 26.9. The van der Waals surface area contributed by atoms with Crippen molar-refractivity contribution in [2.75, 3.05) is 17.2 Å². The number of carbonyl (C=O) groups excluding carboxylic acids is 1. The van der Waals surface area contributed by atoms with Crippen molar-refractivity contribution in [3.63, 3.8) is 0 Å². The molecule has 1 heterocycles. The lowest BCUT2D eigenvalue weighted by molar-refractivity contribution is 0.0636. The first-order valence-electron chi connectivity index (χ1n) is 11.8. The van der Waals surface area contributed by atoms with Gasteiger partial charge in [0.1, 0.15) is 10.8 Å². The van der Waals surface area contributed by atoms with Gasteiger partial charge in [-0.15, -0.1) is 0 Å². The van der Waals surface area contributed by atoms with Crippen LogP contribution >= 0.6 is 11.6 Å². The third kappa shape index (κ3) is 8.07. The van der Waals surface area contributed by atoms with Crippen LogP contribution in [0.3, 0.4) is 0 Å². The second-order valence-corrected chi connectivity index (χ2v) is 9.22. The number of anilines is 2.